The van der Waals surface area contributed by atoms with Gasteiger partial charge in [0.2, 0.25) is 0 Å². The molecule has 4 aromatic carbocycles. The van der Waals surface area contributed by atoms with Crippen molar-refractivity contribution < 1.29 is 38.1 Å². The van der Waals surface area contributed by atoms with Crippen LogP contribution >= 0.6 is 0 Å². The lowest BCUT2D eigenvalue weighted by atomic mass is 10.2. The van der Waals surface area contributed by atoms with E-state index in [-0.39, 0.29) is 23.5 Å². The standard InChI is InChI=1S/2C14H12O3.2C3H6O.C2H6/c2*1-16-12-8-5-9-13(10-12)17-14(15)11-6-3-2-4-7-11;2*1-3(2)4;1-2/h2*2-10H,1H3;2*1-2H3;1-2H3. The van der Waals surface area contributed by atoms with Crippen LogP contribution in [0.2, 0.25) is 0 Å². The number of hydrogen-bond donors (Lipinski definition) is 0. The van der Waals surface area contributed by atoms with Gasteiger partial charge in [0.15, 0.2) is 0 Å². The normalized spacial score (nSPS) is 8.82. The van der Waals surface area contributed by atoms with Gasteiger partial charge in [-0.2, -0.15) is 0 Å². The summed E-state index contributed by atoms with van der Waals surface area (Å²) in [6.45, 7) is 10.1. The van der Waals surface area contributed by atoms with Crippen molar-refractivity contribution in [2.75, 3.05) is 14.2 Å². The third-order valence-corrected chi connectivity index (χ3v) is 4.52. The third kappa shape index (κ3) is 18.2. The molecule has 44 heavy (non-hydrogen) atoms. The van der Waals surface area contributed by atoms with E-state index < -0.39 is 0 Å². The van der Waals surface area contributed by atoms with E-state index in [1.165, 1.54) is 27.7 Å². The van der Waals surface area contributed by atoms with Crippen LogP contribution in [-0.4, -0.2) is 37.7 Å². The largest absolute Gasteiger partial charge is 0.497 e. The van der Waals surface area contributed by atoms with Crippen molar-refractivity contribution in [3.05, 3.63) is 120 Å². The number of carbonyl (C=O) groups excluding carboxylic acids is 4. The van der Waals surface area contributed by atoms with Crippen molar-refractivity contribution in [2.24, 2.45) is 0 Å². The molecule has 0 aromatic heterocycles. The maximum absolute atomic E-state index is 11.8. The Morgan fingerprint density at radius 2 is 0.705 bits per heavy atom. The van der Waals surface area contributed by atoms with Gasteiger partial charge in [-0.25, -0.2) is 9.59 Å². The molecular formula is C36H42O8. The smallest absolute Gasteiger partial charge is 0.343 e. The van der Waals surface area contributed by atoms with Gasteiger partial charge in [-0.05, 0) is 76.2 Å². The zero-order valence-electron chi connectivity index (χ0n) is 26.7. The minimum absolute atomic E-state index is 0.167. The molecule has 0 bridgehead atoms. The van der Waals surface area contributed by atoms with E-state index >= 15 is 0 Å². The van der Waals surface area contributed by atoms with E-state index in [1.54, 1.807) is 111 Å². The van der Waals surface area contributed by atoms with Gasteiger partial charge in [0.1, 0.15) is 34.6 Å². The van der Waals surface area contributed by atoms with Crippen molar-refractivity contribution >= 4 is 23.5 Å². The fraction of sp³-hybridized carbons (Fsp3) is 0.222. The number of ether oxygens (including phenoxy) is 4. The molecule has 0 amide bonds. The molecule has 0 atom stereocenters. The Kier molecular flexibility index (Phi) is 20.6. The fourth-order valence-corrected chi connectivity index (χ4v) is 2.81. The summed E-state index contributed by atoms with van der Waals surface area (Å²) in [6.07, 6.45) is 0. The summed E-state index contributed by atoms with van der Waals surface area (Å²) in [7, 11) is 3.14. The van der Waals surface area contributed by atoms with Gasteiger partial charge in [-0.15, -0.1) is 0 Å². The first-order valence-corrected chi connectivity index (χ1v) is 13.8. The van der Waals surface area contributed by atoms with E-state index in [0.29, 0.717) is 34.1 Å². The molecular weight excluding hydrogens is 560 g/mol. The number of hydrogen-bond acceptors (Lipinski definition) is 8. The predicted molar refractivity (Wildman–Crippen MR) is 173 cm³/mol. The first-order chi connectivity index (χ1) is 21.0. The van der Waals surface area contributed by atoms with Crippen molar-refractivity contribution in [2.45, 2.75) is 41.5 Å². The van der Waals surface area contributed by atoms with Crippen LogP contribution in [0.3, 0.4) is 0 Å². The monoisotopic (exact) mass is 602 g/mol. The van der Waals surface area contributed by atoms with Crippen LogP contribution in [0.25, 0.3) is 0 Å². The maximum atomic E-state index is 11.8. The topological polar surface area (TPSA) is 105 Å². The SMILES string of the molecule is CC.CC(C)=O.CC(C)=O.COc1cccc(OC(=O)c2ccccc2)c1.COc1cccc(OC(=O)c2ccccc2)c1. The zero-order chi connectivity index (χ0) is 33.3. The van der Waals surface area contributed by atoms with E-state index in [2.05, 4.69) is 0 Å². The highest BCUT2D eigenvalue weighted by atomic mass is 16.5. The molecule has 0 fully saturated rings. The molecule has 4 aromatic rings. The molecule has 0 aliphatic heterocycles. The van der Waals surface area contributed by atoms with E-state index in [1.807, 2.05) is 26.0 Å². The Hall–Kier alpha value is -5.24. The molecule has 4 rings (SSSR count). The summed E-state index contributed by atoms with van der Waals surface area (Å²) < 4.78 is 20.5. The van der Waals surface area contributed by atoms with Crippen molar-refractivity contribution in [3.63, 3.8) is 0 Å². The molecule has 0 saturated heterocycles. The van der Waals surface area contributed by atoms with Crippen LogP contribution in [0.4, 0.5) is 0 Å². The Morgan fingerprint density at radius 1 is 0.432 bits per heavy atom. The quantitative estimate of drug-likeness (QED) is 0.161. The van der Waals surface area contributed by atoms with Gasteiger partial charge < -0.3 is 28.5 Å². The molecule has 8 nitrogen and oxygen atoms in total. The van der Waals surface area contributed by atoms with E-state index in [4.69, 9.17) is 18.9 Å². The molecule has 0 heterocycles. The number of carbonyl (C=O) groups is 4. The second-order valence-corrected chi connectivity index (χ2v) is 8.69. The number of esters is 2. The van der Waals surface area contributed by atoms with Gasteiger partial charge in [-0.1, -0.05) is 62.4 Å². The van der Waals surface area contributed by atoms with Gasteiger partial charge in [0, 0.05) is 12.1 Å². The molecule has 234 valence electrons. The average molecular weight is 603 g/mol. The second-order valence-electron chi connectivity index (χ2n) is 8.69. The molecule has 0 N–H and O–H groups in total. The highest BCUT2D eigenvalue weighted by Crippen LogP contribution is 2.21. The Balaban J connectivity index is 0.000000648. The van der Waals surface area contributed by atoms with Crippen molar-refractivity contribution in [1.29, 1.82) is 0 Å². The number of ketones is 2. The lowest BCUT2D eigenvalue weighted by Crippen LogP contribution is -2.08. The predicted octanol–water partition coefficient (Wildman–Crippen LogP) is 8.05. The second kappa shape index (κ2) is 23.3. The summed E-state index contributed by atoms with van der Waals surface area (Å²) in [5.74, 6) is 1.83. The summed E-state index contributed by atoms with van der Waals surface area (Å²) >= 11 is 0. The molecule has 0 aliphatic rings. The number of methoxy groups -OCH3 is 2. The van der Waals surface area contributed by atoms with Gasteiger partial charge >= 0.3 is 11.9 Å². The average Bonchev–Trinajstić information content (AvgIpc) is 3.03. The lowest BCUT2D eigenvalue weighted by Gasteiger charge is -2.05. The number of Topliss-reactive ketones (excluding diaryl/α,β-unsaturated/α-hetero) is 2. The first-order valence-electron chi connectivity index (χ1n) is 13.8. The lowest BCUT2D eigenvalue weighted by molar-refractivity contribution is -0.115. The minimum Gasteiger partial charge on any atom is -0.497 e. The van der Waals surface area contributed by atoms with E-state index in [0.717, 1.165) is 0 Å². The third-order valence-electron chi connectivity index (χ3n) is 4.52. The highest BCUT2D eigenvalue weighted by molar-refractivity contribution is 5.91. The van der Waals surface area contributed by atoms with Crippen molar-refractivity contribution in [3.8, 4) is 23.0 Å². The van der Waals surface area contributed by atoms with Crippen LogP contribution in [0.1, 0.15) is 62.3 Å². The summed E-state index contributed by atoms with van der Waals surface area (Å²) in [5, 5.41) is 0. The van der Waals surface area contributed by atoms with Gasteiger partial charge in [0.25, 0.3) is 0 Å². The number of benzene rings is 4. The van der Waals surface area contributed by atoms with Crippen LogP contribution < -0.4 is 18.9 Å². The molecule has 0 saturated carbocycles. The van der Waals surface area contributed by atoms with Crippen LogP contribution in [0, 0.1) is 0 Å². The van der Waals surface area contributed by atoms with Crippen LogP contribution in [0.5, 0.6) is 23.0 Å². The molecule has 8 heteroatoms. The highest BCUT2D eigenvalue weighted by Gasteiger charge is 2.09. The zero-order valence-corrected chi connectivity index (χ0v) is 26.7. The Labute approximate surface area is 260 Å². The van der Waals surface area contributed by atoms with Gasteiger partial charge in [0.05, 0.1) is 25.3 Å². The Morgan fingerprint density at radius 3 is 0.977 bits per heavy atom. The maximum Gasteiger partial charge on any atom is 0.343 e. The van der Waals surface area contributed by atoms with Crippen LogP contribution in [0.15, 0.2) is 109 Å². The summed E-state index contributed by atoms with van der Waals surface area (Å²) in [5.41, 5.74) is 1.05. The molecule has 0 spiro atoms. The van der Waals surface area contributed by atoms with E-state index in [9.17, 15) is 19.2 Å². The molecule has 0 radical (unpaired) electrons. The number of rotatable bonds is 6. The minimum atomic E-state index is -0.376. The Bertz CT molecular complexity index is 1280. The molecule has 0 aliphatic carbocycles. The first kappa shape index (κ1) is 38.8. The van der Waals surface area contributed by atoms with Crippen LogP contribution in [-0.2, 0) is 9.59 Å². The summed E-state index contributed by atoms with van der Waals surface area (Å²) in [6, 6.07) is 31.6. The van der Waals surface area contributed by atoms with Crippen molar-refractivity contribution in [1.82, 2.24) is 0 Å². The van der Waals surface area contributed by atoms with Gasteiger partial charge in [-0.3, -0.25) is 0 Å². The fourth-order valence-electron chi connectivity index (χ4n) is 2.81. The summed E-state index contributed by atoms with van der Waals surface area (Å²) in [4.78, 5) is 42.4. The molecule has 0 unspecified atom stereocenters.